The molecule has 63 valence electrons. The zero-order valence-electron chi connectivity index (χ0n) is 7.16. The highest BCUT2D eigenvalue weighted by Crippen LogP contribution is 1.98. The molecule has 0 amide bonds. The first kappa shape index (κ1) is 9.00. The van der Waals surface area contributed by atoms with Crippen LogP contribution in [0.25, 0.3) is 0 Å². The van der Waals surface area contributed by atoms with Crippen LogP contribution in [0.5, 0.6) is 0 Å². The molecule has 2 nitrogen and oxygen atoms in total. The fraction of sp³-hybridized carbons (Fsp3) is 0.222. The Labute approximate surface area is 73.5 Å². The Morgan fingerprint density at radius 1 is 1.33 bits per heavy atom. The van der Waals surface area contributed by atoms with E-state index >= 15 is 0 Å². The third kappa shape index (κ3) is 1.74. The van der Waals surface area contributed by atoms with Gasteiger partial charge in [-0.3, -0.25) is 0 Å². The minimum Gasteiger partial charge on any atom is -0.478 e. The summed E-state index contributed by atoms with van der Waals surface area (Å²) in [6, 6.07) is 7.21. The predicted molar refractivity (Wildman–Crippen MR) is 50.5 cm³/mol. The van der Waals surface area contributed by atoms with E-state index in [9.17, 15) is 4.79 Å². The van der Waals surface area contributed by atoms with Crippen molar-refractivity contribution in [3.05, 3.63) is 29.8 Å². The SMILES string of the molecule is C[Si](C)c1ccccc1C(=O)O. The van der Waals surface area contributed by atoms with Crippen LogP contribution in [0, 0.1) is 0 Å². The molecule has 0 saturated carbocycles. The monoisotopic (exact) mass is 179 g/mol. The van der Waals surface area contributed by atoms with Gasteiger partial charge in [0.1, 0.15) is 0 Å². The van der Waals surface area contributed by atoms with Crippen molar-refractivity contribution in [2.24, 2.45) is 0 Å². The number of hydrogen-bond acceptors (Lipinski definition) is 1. The van der Waals surface area contributed by atoms with Gasteiger partial charge in [-0.05, 0) is 11.3 Å². The van der Waals surface area contributed by atoms with Crippen LogP contribution in [0.4, 0.5) is 0 Å². The van der Waals surface area contributed by atoms with Gasteiger partial charge in [-0.15, -0.1) is 0 Å². The summed E-state index contributed by atoms with van der Waals surface area (Å²) < 4.78 is 0. The average Bonchev–Trinajstić information content (AvgIpc) is 2.04. The fourth-order valence-electron chi connectivity index (χ4n) is 1.11. The van der Waals surface area contributed by atoms with Crippen molar-refractivity contribution < 1.29 is 9.90 Å². The molecule has 12 heavy (non-hydrogen) atoms. The average molecular weight is 179 g/mol. The first-order chi connectivity index (χ1) is 5.63. The maximum absolute atomic E-state index is 10.7. The van der Waals surface area contributed by atoms with Crippen LogP contribution in [-0.2, 0) is 0 Å². The Morgan fingerprint density at radius 2 is 1.92 bits per heavy atom. The summed E-state index contributed by atoms with van der Waals surface area (Å²) in [4.78, 5) is 10.7. The molecule has 0 aromatic heterocycles. The molecule has 0 bridgehead atoms. The molecule has 0 spiro atoms. The summed E-state index contributed by atoms with van der Waals surface area (Å²) >= 11 is 0. The number of aromatic carboxylic acids is 1. The van der Waals surface area contributed by atoms with E-state index in [-0.39, 0.29) is 0 Å². The van der Waals surface area contributed by atoms with Crippen LogP contribution in [0.2, 0.25) is 13.1 Å². The zero-order valence-corrected chi connectivity index (χ0v) is 8.16. The van der Waals surface area contributed by atoms with Gasteiger partial charge in [-0.25, -0.2) is 4.79 Å². The molecule has 0 aliphatic heterocycles. The van der Waals surface area contributed by atoms with Gasteiger partial charge in [0.2, 0.25) is 0 Å². The summed E-state index contributed by atoms with van der Waals surface area (Å²) in [5.74, 6) is -0.822. The van der Waals surface area contributed by atoms with Crippen molar-refractivity contribution in [2.75, 3.05) is 0 Å². The van der Waals surface area contributed by atoms with Crippen molar-refractivity contribution >= 4 is 20.0 Å². The molecule has 0 saturated heterocycles. The number of hydrogen-bond donors (Lipinski definition) is 1. The van der Waals surface area contributed by atoms with Crippen LogP contribution in [0.1, 0.15) is 10.4 Å². The third-order valence-corrected chi connectivity index (χ3v) is 3.21. The lowest BCUT2D eigenvalue weighted by Gasteiger charge is -2.06. The molecular formula is C9H11O2Si. The van der Waals surface area contributed by atoms with Gasteiger partial charge in [0, 0.05) is 0 Å². The van der Waals surface area contributed by atoms with E-state index in [1.165, 1.54) is 0 Å². The lowest BCUT2D eigenvalue weighted by molar-refractivity contribution is 0.0698. The van der Waals surface area contributed by atoms with Crippen LogP contribution in [0.15, 0.2) is 24.3 Å². The quantitative estimate of drug-likeness (QED) is 0.696. The Balaban J connectivity index is 3.17. The van der Waals surface area contributed by atoms with Gasteiger partial charge < -0.3 is 5.11 Å². The topological polar surface area (TPSA) is 37.3 Å². The molecule has 0 fully saturated rings. The summed E-state index contributed by atoms with van der Waals surface area (Å²) in [6.07, 6.45) is 0. The Bertz CT molecular complexity index is 294. The minimum atomic E-state index is -0.822. The van der Waals surface area contributed by atoms with Crippen molar-refractivity contribution in [1.29, 1.82) is 0 Å². The lowest BCUT2D eigenvalue weighted by atomic mass is 10.2. The van der Waals surface area contributed by atoms with Crippen LogP contribution >= 0.6 is 0 Å². The molecule has 0 unspecified atom stereocenters. The summed E-state index contributed by atoms with van der Waals surface area (Å²) in [6.45, 7) is 4.18. The molecular weight excluding hydrogens is 168 g/mol. The molecule has 0 atom stereocenters. The number of carboxylic acid groups (broad SMARTS) is 1. The molecule has 0 aliphatic carbocycles. The van der Waals surface area contributed by atoms with Crippen molar-refractivity contribution in [3.8, 4) is 0 Å². The smallest absolute Gasteiger partial charge is 0.335 e. The third-order valence-electron chi connectivity index (χ3n) is 1.70. The van der Waals surface area contributed by atoms with Gasteiger partial charge in [0.15, 0.2) is 0 Å². The summed E-state index contributed by atoms with van der Waals surface area (Å²) in [7, 11) is -0.667. The molecule has 0 heterocycles. The second-order valence-electron chi connectivity index (χ2n) is 2.85. The number of benzene rings is 1. The normalized spacial score (nSPS) is 10.2. The Hall–Kier alpha value is -1.09. The van der Waals surface area contributed by atoms with E-state index in [4.69, 9.17) is 5.11 Å². The molecule has 3 heteroatoms. The lowest BCUT2D eigenvalue weighted by Crippen LogP contribution is -2.28. The van der Waals surface area contributed by atoms with Crippen LogP contribution < -0.4 is 5.19 Å². The summed E-state index contributed by atoms with van der Waals surface area (Å²) in [5, 5.41) is 9.83. The summed E-state index contributed by atoms with van der Waals surface area (Å²) in [5.41, 5.74) is 0.455. The Morgan fingerprint density at radius 3 is 2.33 bits per heavy atom. The predicted octanol–water partition coefficient (Wildman–Crippen LogP) is 1.35. The largest absolute Gasteiger partial charge is 0.478 e. The number of carbonyl (C=O) groups is 1. The zero-order chi connectivity index (χ0) is 9.14. The van der Waals surface area contributed by atoms with E-state index < -0.39 is 14.8 Å². The molecule has 1 radical (unpaired) electrons. The molecule has 1 aromatic rings. The van der Waals surface area contributed by atoms with E-state index in [2.05, 4.69) is 13.1 Å². The van der Waals surface area contributed by atoms with Gasteiger partial charge in [0.25, 0.3) is 0 Å². The van der Waals surface area contributed by atoms with Crippen molar-refractivity contribution in [3.63, 3.8) is 0 Å². The minimum absolute atomic E-state index is 0.455. The van der Waals surface area contributed by atoms with Crippen LogP contribution in [-0.4, -0.2) is 19.9 Å². The maximum Gasteiger partial charge on any atom is 0.335 e. The highest BCUT2D eigenvalue weighted by molar-refractivity contribution is 6.71. The highest BCUT2D eigenvalue weighted by atomic mass is 28.3. The second kappa shape index (κ2) is 3.54. The van der Waals surface area contributed by atoms with Gasteiger partial charge >= 0.3 is 5.97 Å². The molecule has 0 aliphatic rings. The van der Waals surface area contributed by atoms with Gasteiger partial charge in [0.05, 0.1) is 14.4 Å². The Kier molecular flexibility index (Phi) is 2.65. The van der Waals surface area contributed by atoms with Crippen molar-refractivity contribution in [1.82, 2.24) is 0 Å². The highest BCUT2D eigenvalue weighted by Gasteiger charge is 2.11. The van der Waals surface area contributed by atoms with Gasteiger partial charge in [-0.2, -0.15) is 0 Å². The molecule has 1 rings (SSSR count). The van der Waals surface area contributed by atoms with E-state index in [1.807, 2.05) is 12.1 Å². The maximum atomic E-state index is 10.7. The first-order valence-electron chi connectivity index (χ1n) is 3.76. The van der Waals surface area contributed by atoms with Crippen LogP contribution in [0.3, 0.4) is 0 Å². The number of carboxylic acids is 1. The standard InChI is InChI=1S/C9H11O2Si/c1-12(2)8-6-4-3-5-7(8)9(10)11/h3-6H,1-2H3,(H,10,11). The molecule has 1 N–H and O–H groups in total. The number of rotatable bonds is 2. The second-order valence-corrected chi connectivity index (χ2v) is 5.39. The van der Waals surface area contributed by atoms with E-state index in [0.29, 0.717) is 5.56 Å². The van der Waals surface area contributed by atoms with E-state index in [1.54, 1.807) is 12.1 Å². The van der Waals surface area contributed by atoms with Crippen molar-refractivity contribution in [2.45, 2.75) is 13.1 Å². The first-order valence-corrected chi connectivity index (χ1v) is 6.26. The fourth-order valence-corrected chi connectivity index (χ4v) is 2.26. The van der Waals surface area contributed by atoms with Gasteiger partial charge in [-0.1, -0.05) is 31.3 Å². The molecule has 1 aromatic carbocycles. The van der Waals surface area contributed by atoms with E-state index in [0.717, 1.165) is 5.19 Å².